The Hall–Kier alpha value is -1.35. The van der Waals surface area contributed by atoms with E-state index in [1.54, 1.807) is 0 Å². The molecule has 0 saturated heterocycles. The van der Waals surface area contributed by atoms with E-state index in [1.165, 1.54) is 12.8 Å². The maximum absolute atomic E-state index is 11.9. The van der Waals surface area contributed by atoms with Crippen molar-refractivity contribution in [3.8, 4) is 0 Å². The molecular formula is C15H22N2O. The third-order valence-electron chi connectivity index (χ3n) is 3.94. The average Bonchev–Trinajstić information content (AvgIpc) is 2.81. The Morgan fingerprint density at radius 3 is 2.61 bits per heavy atom. The minimum absolute atomic E-state index is 0.306. The molecule has 1 aliphatic rings. The number of hydrogen-bond donors (Lipinski definition) is 2. The molecule has 1 aromatic rings. The van der Waals surface area contributed by atoms with Crippen molar-refractivity contribution in [3.63, 3.8) is 0 Å². The van der Waals surface area contributed by atoms with Crippen molar-refractivity contribution in [3.05, 3.63) is 35.4 Å². The second-order valence-electron chi connectivity index (χ2n) is 5.48. The molecule has 1 fully saturated rings. The number of hydrogen-bond acceptors (Lipinski definition) is 2. The standard InChI is InChI=1S/C15H22N2O/c1-11-6-5-7-12(10-11)15(2,14(16)18)17-13-8-3-4-9-13/h5-7,10,13,17H,3-4,8-9H2,1-2H3,(H2,16,18). The molecule has 98 valence electrons. The number of carbonyl (C=O) groups is 1. The second-order valence-corrected chi connectivity index (χ2v) is 5.48. The van der Waals surface area contributed by atoms with Crippen molar-refractivity contribution in [1.29, 1.82) is 0 Å². The summed E-state index contributed by atoms with van der Waals surface area (Å²) < 4.78 is 0. The van der Waals surface area contributed by atoms with Gasteiger partial charge in [0.05, 0.1) is 0 Å². The van der Waals surface area contributed by atoms with Crippen LogP contribution in [0.25, 0.3) is 0 Å². The first-order valence-corrected chi connectivity index (χ1v) is 6.67. The predicted octanol–water partition coefficient (Wildman–Crippen LogP) is 2.23. The maximum Gasteiger partial charge on any atom is 0.242 e. The van der Waals surface area contributed by atoms with Gasteiger partial charge in [0.25, 0.3) is 0 Å². The Morgan fingerprint density at radius 2 is 2.06 bits per heavy atom. The zero-order valence-electron chi connectivity index (χ0n) is 11.2. The quantitative estimate of drug-likeness (QED) is 0.856. The molecule has 1 aliphatic carbocycles. The molecule has 0 heterocycles. The van der Waals surface area contributed by atoms with E-state index in [2.05, 4.69) is 5.32 Å². The fraction of sp³-hybridized carbons (Fsp3) is 0.533. The zero-order chi connectivity index (χ0) is 13.2. The Balaban J connectivity index is 2.28. The molecule has 18 heavy (non-hydrogen) atoms. The highest BCUT2D eigenvalue weighted by Gasteiger charge is 2.35. The molecule has 1 aromatic carbocycles. The molecule has 0 radical (unpaired) electrons. The van der Waals surface area contributed by atoms with Crippen LogP contribution >= 0.6 is 0 Å². The highest BCUT2D eigenvalue weighted by molar-refractivity contribution is 5.85. The summed E-state index contributed by atoms with van der Waals surface area (Å²) in [6, 6.07) is 8.41. The van der Waals surface area contributed by atoms with Crippen molar-refractivity contribution in [2.24, 2.45) is 5.73 Å². The molecule has 2 rings (SSSR count). The van der Waals surface area contributed by atoms with Crippen LogP contribution in [0.5, 0.6) is 0 Å². The first-order valence-electron chi connectivity index (χ1n) is 6.67. The molecule has 1 saturated carbocycles. The number of nitrogens with one attached hydrogen (secondary N) is 1. The van der Waals surface area contributed by atoms with Gasteiger partial charge >= 0.3 is 0 Å². The number of benzene rings is 1. The second kappa shape index (κ2) is 5.11. The maximum atomic E-state index is 11.9. The summed E-state index contributed by atoms with van der Waals surface area (Å²) in [6.45, 7) is 3.92. The highest BCUT2D eigenvalue weighted by Crippen LogP contribution is 2.26. The number of carbonyl (C=O) groups excluding carboxylic acids is 1. The monoisotopic (exact) mass is 246 g/mol. The predicted molar refractivity (Wildman–Crippen MR) is 73.1 cm³/mol. The van der Waals surface area contributed by atoms with Crippen molar-refractivity contribution < 1.29 is 4.79 Å². The van der Waals surface area contributed by atoms with Crippen molar-refractivity contribution in [2.45, 2.75) is 51.1 Å². The topological polar surface area (TPSA) is 55.1 Å². The number of nitrogens with two attached hydrogens (primary N) is 1. The molecule has 0 aliphatic heterocycles. The normalized spacial score (nSPS) is 19.7. The van der Waals surface area contributed by atoms with Crippen LogP contribution in [-0.4, -0.2) is 11.9 Å². The van der Waals surface area contributed by atoms with Crippen LogP contribution < -0.4 is 11.1 Å². The van der Waals surface area contributed by atoms with Crippen LogP contribution in [0, 0.1) is 6.92 Å². The summed E-state index contributed by atoms with van der Waals surface area (Å²) in [5.74, 6) is -0.306. The van der Waals surface area contributed by atoms with Crippen LogP contribution in [0.3, 0.4) is 0 Å². The Morgan fingerprint density at radius 1 is 1.39 bits per heavy atom. The van der Waals surface area contributed by atoms with Crippen LogP contribution in [0.15, 0.2) is 24.3 Å². The van der Waals surface area contributed by atoms with Crippen LogP contribution in [0.2, 0.25) is 0 Å². The van der Waals surface area contributed by atoms with E-state index in [4.69, 9.17) is 5.73 Å². The highest BCUT2D eigenvalue weighted by atomic mass is 16.1. The van der Waals surface area contributed by atoms with Crippen molar-refractivity contribution >= 4 is 5.91 Å². The van der Waals surface area contributed by atoms with E-state index in [1.807, 2.05) is 38.1 Å². The molecular weight excluding hydrogens is 224 g/mol. The molecule has 3 N–H and O–H groups in total. The van der Waals surface area contributed by atoms with Gasteiger partial charge < -0.3 is 5.73 Å². The lowest BCUT2D eigenvalue weighted by Crippen LogP contribution is -2.53. The summed E-state index contributed by atoms with van der Waals surface area (Å²) in [6.07, 6.45) is 4.74. The zero-order valence-corrected chi connectivity index (χ0v) is 11.2. The Kier molecular flexibility index (Phi) is 3.71. The third-order valence-corrected chi connectivity index (χ3v) is 3.94. The van der Waals surface area contributed by atoms with E-state index < -0.39 is 5.54 Å². The molecule has 1 amide bonds. The summed E-state index contributed by atoms with van der Waals surface area (Å²) in [4.78, 5) is 11.9. The average molecular weight is 246 g/mol. The number of rotatable bonds is 4. The molecule has 0 spiro atoms. The lowest BCUT2D eigenvalue weighted by molar-refractivity contribution is -0.124. The van der Waals surface area contributed by atoms with Gasteiger partial charge in [0, 0.05) is 6.04 Å². The summed E-state index contributed by atoms with van der Waals surface area (Å²) in [5, 5.41) is 3.46. The van der Waals surface area contributed by atoms with Crippen molar-refractivity contribution in [2.75, 3.05) is 0 Å². The van der Waals surface area contributed by atoms with Gasteiger partial charge in [-0.05, 0) is 32.3 Å². The van der Waals surface area contributed by atoms with Gasteiger partial charge in [-0.25, -0.2) is 0 Å². The largest absolute Gasteiger partial charge is 0.368 e. The van der Waals surface area contributed by atoms with E-state index >= 15 is 0 Å². The number of aryl methyl sites for hydroxylation is 1. The first-order chi connectivity index (χ1) is 8.52. The molecule has 3 nitrogen and oxygen atoms in total. The molecule has 0 bridgehead atoms. The van der Waals surface area contributed by atoms with Gasteiger partial charge in [-0.1, -0.05) is 42.7 Å². The fourth-order valence-electron chi connectivity index (χ4n) is 2.73. The fourth-order valence-corrected chi connectivity index (χ4v) is 2.73. The van der Waals surface area contributed by atoms with Gasteiger partial charge in [-0.2, -0.15) is 0 Å². The number of primary amides is 1. The van der Waals surface area contributed by atoms with Gasteiger partial charge in [0.2, 0.25) is 5.91 Å². The summed E-state index contributed by atoms with van der Waals surface area (Å²) in [7, 11) is 0. The van der Waals surface area contributed by atoms with Crippen molar-refractivity contribution in [1.82, 2.24) is 5.32 Å². The minimum Gasteiger partial charge on any atom is -0.368 e. The smallest absolute Gasteiger partial charge is 0.242 e. The summed E-state index contributed by atoms with van der Waals surface area (Å²) >= 11 is 0. The van der Waals surface area contributed by atoms with Gasteiger partial charge in [-0.3, -0.25) is 10.1 Å². The number of amides is 1. The van der Waals surface area contributed by atoms with E-state index in [0.29, 0.717) is 6.04 Å². The van der Waals surface area contributed by atoms with E-state index in [0.717, 1.165) is 24.0 Å². The third kappa shape index (κ3) is 2.56. The Labute approximate surface area is 109 Å². The van der Waals surface area contributed by atoms with E-state index in [-0.39, 0.29) is 5.91 Å². The van der Waals surface area contributed by atoms with E-state index in [9.17, 15) is 4.79 Å². The summed E-state index contributed by atoms with van der Waals surface area (Å²) in [5.41, 5.74) is 6.97. The molecule has 1 atom stereocenters. The first kappa shape index (κ1) is 13.1. The molecule has 3 heteroatoms. The lowest BCUT2D eigenvalue weighted by atomic mass is 9.89. The van der Waals surface area contributed by atoms with Gasteiger partial charge in [0.15, 0.2) is 0 Å². The molecule has 0 aromatic heterocycles. The molecule has 1 unspecified atom stereocenters. The SMILES string of the molecule is Cc1cccc(C(C)(NC2CCCC2)C(N)=O)c1. The minimum atomic E-state index is -0.763. The van der Waals surface area contributed by atoms with Gasteiger partial charge in [0.1, 0.15) is 5.54 Å². The Bertz CT molecular complexity index is 438. The van der Waals surface area contributed by atoms with Crippen LogP contribution in [0.4, 0.5) is 0 Å². The van der Waals surface area contributed by atoms with Gasteiger partial charge in [-0.15, -0.1) is 0 Å². The lowest BCUT2D eigenvalue weighted by Gasteiger charge is -2.31. The van der Waals surface area contributed by atoms with Crippen LogP contribution in [-0.2, 0) is 10.3 Å². The van der Waals surface area contributed by atoms with Crippen LogP contribution in [0.1, 0.15) is 43.7 Å².